The molecule has 0 radical (unpaired) electrons. The lowest BCUT2D eigenvalue weighted by Crippen LogP contribution is -2.23. The average molecular weight is 449 g/mol. The second kappa shape index (κ2) is 7.94. The first-order valence-corrected chi connectivity index (χ1v) is 11.7. The van der Waals surface area contributed by atoms with Crippen LogP contribution in [0.25, 0.3) is 16.3 Å². The number of aromatic carboxylic acids is 1. The second-order valence-corrected chi connectivity index (χ2v) is 9.11. The molecule has 3 heterocycles. The number of thioether (sulfide) groups is 1. The molecular formula is C28H20N2O2S. The molecule has 0 atom stereocenters. The Morgan fingerprint density at radius 3 is 2.67 bits per heavy atom. The summed E-state index contributed by atoms with van der Waals surface area (Å²) in [6, 6.07) is 22.4. The van der Waals surface area contributed by atoms with Gasteiger partial charge >= 0.3 is 5.97 Å². The molecule has 0 aliphatic carbocycles. The summed E-state index contributed by atoms with van der Waals surface area (Å²) in [6.45, 7) is 0.637. The molecule has 6 rings (SSSR count). The lowest BCUT2D eigenvalue weighted by Gasteiger charge is -2.29. The molecule has 1 N–H and O–H groups in total. The van der Waals surface area contributed by atoms with Crippen molar-refractivity contribution < 1.29 is 9.90 Å². The molecular weight excluding hydrogens is 428 g/mol. The summed E-state index contributed by atoms with van der Waals surface area (Å²) in [6.07, 6.45) is 6.42. The fraction of sp³-hybridized carbons (Fsp3) is 0.0714. The normalized spacial score (nSPS) is 14.5. The highest BCUT2D eigenvalue weighted by Gasteiger charge is 2.31. The number of hydrogen-bond donors (Lipinski definition) is 1. The highest BCUT2D eigenvalue weighted by molar-refractivity contribution is 8.02. The molecule has 0 spiro atoms. The van der Waals surface area contributed by atoms with E-state index in [2.05, 4.69) is 57.8 Å². The molecule has 3 aromatic carbocycles. The van der Waals surface area contributed by atoms with E-state index in [0.29, 0.717) is 18.5 Å². The van der Waals surface area contributed by atoms with Gasteiger partial charge in [0.2, 0.25) is 0 Å². The summed E-state index contributed by atoms with van der Waals surface area (Å²) in [4.78, 5) is 19.8. The van der Waals surface area contributed by atoms with Gasteiger partial charge in [-0.15, -0.1) is 0 Å². The Labute approximate surface area is 195 Å². The van der Waals surface area contributed by atoms with Gasteiger partial charge in [-0.2, -0.15) is 0 Å². The predicted molar refractivity (Wildman–Crippen MR) is 134 cm³/mol. The maximum atomic E-state index is 12.2. The molecule has 0 saturated carbocycles. The zero-order valence-electron chi connectivity index (χ0n) is 17.7. The maximum absolute atomic E-state index is 12.2. The summed E-state index contributed by atoms with van der Waals surface area (Å²) in [5.41, 5.74) is 6.55. The van der Waals surface area contributed by atoms with Crippen molar-refractivity contribution in [1.29, 1.82) is 0 Å². The standard InChI is InChI=1S/C28H20N2O2S/c31-28(32)23-9-3-8-21(13-18-5-4-11-29-16-18)27(23)30-12-10-22-24-14-19-6-1-2-7-20(19)15-26(24)33-17-25(22)30/h1-11,14-17H,12-13H2,(H,31,32). The molecule has 0 saturated heterocycles. The van der Waals surface area contributed by atoms with Crippen LogP contribution in [0.2, 0.25) is 0 Å². The van der Waals surface area contributed by atoms with E-state index < -0.39 is 5.97 Å². The van der Waals surface area contributed by atoms with Crippen LogP contribution in [-0.4, -0.2) is 22.6 Å². The van der Waals surface area contributed by atoms with Crippen LogP contribution >= 0.6 is 11.8 Å². The highest BCUT2D eigenvalue weighted by atomic mass is 32.2. The van der Waals surface area contributed by atoms with Crippen LogP contribution in [0.4, 0.5) is 5.69 Å². The van der Waals surface area contributed by atoms with E-state index in [1.165, 1.54) is 26.8 Å². The number of fused-ring (bicyclic) bond motifs is 4. The minimum atomic E-state index is -0.915. The van der Waals surface area contributed by atoms with E-state index in [1.807, 2.05) is 30.5 Å². The van der Waals surface area contributed by atoms with Gasteiger partial charge < -0.3 is 10.0 Å². The second-order valence-electron chi connectivity index (χ2n) is 8.20. The number of pyridine rings is 1. The molecule has 0 fully saturated rings. The van der Waals surface area contributed by atoms with Gasteiger partial charge in [-0.3, -0.25) is 4.98 Å². The number of aromatic nitrogens is 1. The van der Waals surface area contributed by atoms with Gasteiger partial charge in [0.1, 0.15) is 0 Å². The molecule has 4 nitrogen and oxygen atoms in total. The van der Waals surface area contributed by atoms with Crippen molar-refractivity contribution >= 4 is 39.8 Å². The molecule has 4 aromatic rings. The van der Waals surface area contributed by atoms with Crippen molar-refractivity contribution in [3.8, 4) is 0 Å². The Bertz CT molecular complexity index is 1470. The largest absolute Gasteiger partial charge is 0.478 e. The number of carbonyl (C=O) groups is 1. The van der Waals surface area contributed by atoms with Gasteiger partial charge in [0, 0.05) is 41.2 Å². The zero-order chi connectivity index (χ0) is 22.4. The van der Waals surface area contributed by atoms with Gasteiger partial charge in [-0.05, 0) is 51.7 Å². The number of allylic oxidation sites excluding steroid dienone is 1. The number of rotatable bonds is 4. The summed E-state index contributed by atoms with van der Waals surface area (Å²) in [5, 5.41) is 14.6. The molecule has 0 bridgehead atoms. The quantitative estimate of drug-likeness (QED) is 0.393. The van der Waals surface area contributed by atoms with Crippen LogP contribution in [0.3, 0.4) is 0 Å². The lowest BCUT2D eigenvalue weighted by atomic mass is 9.98. The Hall–Kier alpha value is -3.83. The number of carboxylic acids is 1. The fourth-order valence-electron chi connectivity index (χ4n) is 4.71. The van der Waals surface area contributed by atoms with Crippen LogP contribution in [-0.2, 0) is 6.42 Å². The molecule has 0 amide bonds. The van der Waals surface area contributed by atoms with Crippen molar-refractivity contribution in [3.05, 3.63) is 119 Å². The Morgan fingerprint density at radius 2 is 1.88 bits per heavy atom. The van der Waals surface area contributed by atoms with Crippen LogP contribution in [0.5, 0.6) is 0 Å². The number of anilines is 1. The monoisotopic (exact) mass is 448 g/mol. The van der Waals surface area contributed by atoms with E-state index >= 15 is 0 Å². The summed E-state index contributed by atoms with van der Waals surface area (Å²) >= 11 is 1.70. The van der Waals surface area contributed by atoms with E-state index in [9.17, 15) is 9.90 Å². The molecule has 5 heteroatoms. The molecule has 2 aliphatic rings. The first-order valence-electron chi connectivity index (χ1n) is 10.8. The van der Waals surface area contributed by atoms with Gasteiger partial charge in [0.15, 0.2) is 0 Å². The van der Waals surface area contributed by atoms with Crippen molar-refractivity contribution in [1.82, 2.24) is 4.98 Å². The maximum Gasteiger partial charge on any atom is 0.337 e. The van der Waals surface area contributed by atoms with Crippen LogP contribution < -0.4 is 4.90 Å². The van der Waals surface area contributed by atoms with Crippen molar-refractivity contribution in [2.24, 2.45) is 0 Å². The predicted octanol–water partition coefficient (Wildman–Crippen LogP) is 6.37. The minimum absolute atomic E-state index is 0.321. The molecule has 2 aliphatic heterocycles. The number of carboxylic acid groups (broad SMARTS) is 1. The van der Waals surface area contributed by atoms with E-state index in [0.717, 1.165) is 22.5 Å². The van der Waals surface area contributed by atoms with Gasteiger partial charge in [0.25, 0.3) is 0 Å². The third-order valence-electron chi connectivity index (χ3n) is 6.22. The number of benzene rings is 3. The third kappa shape index (κ3) is 3.41. The Morgan fingerprint density at radius 1 is 1.03 bits per heavy atom. The van der Waals surface area contributed by atoms with Crippen LogP contribution in [0.1, 0.15) is 27.0 Å². The van der Waals surface area contributed by atoms with Gasteiger partial charge in [-0.1, -0.05) is 60.3 Å². The molecule has 33 heavy (non-hydrogen) atoms. The van der Waals surface area contributed by atoms with Crippen LogP contribution in [0.15, 0.2) is 101 Å². The SMILES string of the molecule is O=C(O)c1cccc(Cc2cccnc2)c1N1CC=C2C1=CSc1cc3ccccc3cc12. The smallest absolute Gasteiger partial charge is 0.337 e. The fourth-order valence-corrected chi connectivity index (χ4v) is 5.70. The van der Waals surface area contributed by atoms with Crippen molar-refractivity contribution in [3.63, 3.8) is 0 Å². The average Bonchev–Trinajstić information content (AvgIpc) is 3.27. The first-order chi connectivity index (χ1) is 16.2. The lowest BCUT2D eigenvalue weighted by molar-refractivity contribution is 0.0697. The molecule has 0 unspecified atom stereocenters. The van der Waals surface area contributed by atoms with E-state index in [-0.39, 0.29) is 0 Å². The number of nitrogens with zero attached hydrogens (tertiary/aromatic N) is 2. The van der Waals surface area contributed by atoms with Gasteiger partial charge in [0.05, 0.1) is 16.9 Å². The zero-order valence-corrected chi connectivity index (χ0v) is 18.5. The molecule has 1 aromatic heterocycles. The summed E-state index contributed by atoms with van der Waals surface area (Å²) in [7, 11) is 0. The van der Waals surface area contributed by atoms with Crippen molar-refractivity contribution in [2.75, 3.05) is 11.4 Å². The number of hydrogen-bond acceptors (Lipinski definition) is 4. The summed E-state index contributed by atoms with van der Waals surface area (Å²) < 4.78 is 0. The topological polar surface area (TPSA) is 53.4 Å². The minimum Gasteiger partial charge on any atom is -0.478 e. The Kier molecular flexibility index (Phi) is 4.77. The summed E-state index contributed by atoms with van der Waals surface area (Å²) in [5.74, 6) is -0.915. The number of para-hydroxylation sites is 1. The van der Waals surface area contributed by atoms with Crippen molar-refractivity contribution in [2.45, 2.75) is 11.3 Å². The molecule has 160 valence electrons. The van der Waals surface area contributed by atoms with E-state index in [4.69, 9.17) is 0 Å². The third-order valence-corrected chi connectivity index (χ3v) is 7.15. The van der Waals surface area contributed by atoms with E-state index in [1.54, 1.807) is 24.0 Å². The van der Waals surface area contributed by atoms with Crippen LogP contribution in [0, 0.1) is 0 Å². The van der Waals surface area contributed by atoms with Gasteiger partial charge in [-0.25, -0.2) is 4.79 Å². The highest BCUT2D eigenvalue weighted by Crippen LogP contribution is 2.47. The Balaban J connectivity index is 1.44. The first kappa shape index (κ1) is 19.8.